The lowest BCUT2D eigenvalue weighted by molar-refractivity contribution is 0.171. The minimum Gasteiger partial charge on any atom is -0.486 e. The van der Waals surface area contributed by atoms with E-state index < -0.39 is 15.1 Å². The molecule has 5 nitrogen and oxygen atoms in total. The van der Waals surface area contributed by atoms with E-state index in [0.717, 1.165) is 0 Å². The van der Waals surface area contributed by atoms with Crippen molar-refractivity contribution in [1.82, 2.24) is 0 Å². The Morgan fingerprint density at radius 2 is 2.00 bits per heavy atom. The van der Waals surface area contributed by atoms with E-state index in [1.54, 1.807) is 13.0 Å². The number of nitriles is 1. The summed E-state index contributed by atoms with van der Waals surface area (Å²) in [5.41, 5.74) is 0. The Morgan fingerprint density at radius 1 is 1.32 bits per heavy atom. The topological polar surface area (TPSA) is 76.4 Å². The van der Waals surface area contributed by atoms with E-state index in [1.807, 2.05) is 6.07 Å². The van der Waals surface area contributed by atoms with E-state index in [9.17, 15) is 8.42 Å². The molecule has 0 saturated heterocycles. The molecule has 1 aromatic carbocycles. The van der Waals surface area contributed by atoms with Crippen molar-refractivity contribution < 1.29 is 17.9 Å². The second-order valence-corrected chi connectivity index (χ2v) is 6.47. The van der Waals surface area contributed by atoms with Gasteiger partial charge < -0.3 is 9.47 Å². The highest BCUT2D eigenvalue weighted by Gasteiger charge is 2.27. The van der Waals surface area contributed by atoms with Gasteiger partial charge in [-0.25, -0.2) is 8.42 Å². The Labute approximate surface area is 112 Å². The molecule has 1 atom stereocenters. The van der Waals surface area contributed by atoms with E-state index in [1.165, 1.54) is 12.1 Å². The van der Waals surface area contributed by atoms with Crippen LogP contribution < -0.4 is 9.47 Å². The van der Waals surface area contributed by atoms with Crippen LogP contribution in [0.3, 0.4) is 0 Å². The highest BCUT2D eigenvalue weighted by atomic mass is 32.2. The second kappa shape index (κ2) is 5.49. The van der Waals surface area contributed by atoms with E-state index >= 15 is 0 Å². The first-order chi connectivity index (χ1) is 9.09. The van der Waals surface area contributed by atoms with Crippen LogP contribution in [0.4, 0.5) is 0 Å². The average Bonchev–Trinajstić information content (AvgIpc) is 2.44. The maximum atomic E-state index is 12.4. The molecule has 1 heterocycles. The van der Waals surface area contributed by atoms with Gasteiger partial charge in [0.2, 0.25) is 0 Å². The predicted octanol–water partition coefficient (Wildman–Crippen LogP) is 1.92. The predicted molar refractivity (Wildman–Crippen MR) is 68.9 cm³/mol. The molecule has 2 rings (SSSR count). The Balaban J connectivity index is 2.38. The molecular formula is C13H15NO4S. The Kier molecular flexibility index (Phi) is 3.96. The first-order valence-corrected chi connectivity index (χ1v) is 7.64. The summed E-state index contributed by atoms with van der Waals surface area (Å²) in [6.45, 7) is 2.63. The first-order valence-electron chi connectivity index (χ1n) is 6.10. The van der Waals surface area contributed by atoms with E-state index in [-0.39, 0.29) is 11.3 Å². The molecule has 0 fully saturated rings. The smallest absolute Gasteiger partial charge is 0.182 e. The molecule has 0 bridgehead atoms. The van der Waals surface area contributed by atoms with Crippen LogP contribution in [0.25, 0.3) is 0 Å². The quantitative estimate of drug-likeness (QED) is 0.842. The van der Waals surface area contributed by atoms with Crippen LogP contribution in [0.1, 0.15) is 19.8 Å². The molecule has 0 aliphatic carbocycles. The van der Waals surface area contributed by atoms with Gasteiger partial charge in [-0.2, -0.15) is 5.26 Å². The van der Waals surface area contributed by atoms with Crippen molar-refractivity contribution in [2.75, 3.05) is 13.2 Å². The molecule has 0 saturated carbocycles. The van der Waals surface area contributed by atoms with Crippen LogP contribution >= 0.6 is 0 Å². The van der Waals surface area contributed by atoms with Crippen LogP contribution in [0.5, 0.6) is 11.5 Å². The van der Waals surface area contributed by atoms with Gasteiger partial charge >= 0.3 is 0 Å². The number of hydrogen-bond acceptors (Lipinski definition) is 5. The summed E-state index contributed by atoms with van der Waals surface area (Å²) in [6.07, 6.45) is 0.400. The zero-order valence-corrected chi connectivity index (χ0v) is 11.4. The van der Waals surface area contributed by atoms with Crippen LogP contribution in [0.2, 0.25) is 0 Å². The van der Waals surface area contributed by atoms with E-state index in [0.29, 0.717) is 31.1 Å². The highest BCUT2D eigenvalue weighted by Crippen LogP contribution is 2.33. The van der Waals surface area contributed by atoms with Gasteiger partial charge in [0.15, 0.2) is 21.3 Å². The van der Waals surface area contributed by atoms with Crippen LogP contribution in [-0.2, 0) is 9.84 Å². The largest absolute Gasteiger partial charge is 0.486 e. The summed E-state index contributed by atoms with van der Waals surface area (Å²) >= 11 is 0. The molecule has 0 amide bonds. The monoisotopic (exact) mass is 281 g/mol. The SMILES string of the molecule is CCC(CC#N)S(=O)(=O)c1ccc2c(c1)OCCO2. The Bertz CT molecular complexity index is 604. The van der Waals surface area contributed by atoms with Gasteiger partial charge in [0, 0.05) is 6.07 Å². The number of ether oxygens (including phenoxy) is 2. The molecule has 19 heavy (non-hydrogen) atoms. The fourth-order valence-corrected chi connectivity index (χ4v) is 3.62. The summed E-state index contributed by atoms with van der Waals surface area (Å²) in [5, 5.41) is 8.03. The first kappa shape index (κ1) is 13.7. The van der Waals surface area contributed by atoms with Gasteiger partial charge in [-0.05, 0) is 18.6 Å². The number of benzene rings is 1. The van der Waals surface area contributed by atoms with E-state index in [4.69, 9.17) is 14.7 Å². The standard InChI is InChI=1S/C13H15NO4S/c1-2-10(5-6-14)19(15,16)11-3-4-12-13(9-11)18-8-7-17-12/h3-4,9-10H,2,5,7-8H2,1H3. The molecule has 102 valence electrons. The van der Waals surface area contributed by atoms with Crippen molar-refractivity contribution in [3.8, 4) is 17.6 Å². The Morgan fingerprint density at radius 3 is 2.63 bits per heavy atom. The zero-order valence-electron chi connectivity index (χ0n) is 10.6. The summed E-state index contributed by atoms with van der Waals surface area (Å²) in [6, 6.07) is 6.50. The molecule has 1 aromatic rings. The van der Waals surface area contributed by atoms with Crippen LogP contribution in [-0.4, -0.2) is 26.9 Å². The third-order valence-corrected chi connectivity index (χ3v) is 5.34. The van der Waals surface area contributed by atoms with Crippen molar-refractivity contribution in [1.29, 1.82) is 5.26 Å². The lowest BCUT2D eigenvalue weighted by atomic mass is 10.3. The minimum absolute atomic E-state index is 0.00667. The number of fused-ring (bicyclic) bond motifs is 1. The van der Waals surface area contributed by atoms with Crippen molar-refractivity contribution in [2.45, 2.75) is 29.9 Å². The van der Waals surface area contributed by atoms with Crippen LogP contribution in [0, 0.1) is 11.3 Å². The lowest BCUT2D eigenvalue weighted by Gasteiger charge is -2.20. The normalized spacial score (nSPS) is 15.6. The molecular weight excluding hydrogens is 266 g/mol. The maximum absolute atomic E-state index is 12.4. The average molecular weight is 281 g/mol. The third-order valence-electron chi connectivity index (χ3n) is 3.06. The number of hydrogen-bond donors (Lipinski definition) is 0. The summed E-state index contributed by atoms with van der Waals surface area (Å²) in [4.78, 5) is 0.179. The van der Waals surface area contributed by atoms with Crippen molar-refractivity contribution in [3.63, 3.8) is 0 Å². The molecule has 1 aliphatic heterocycles. The van der Waals surface area contributed by atoms with Gasteiger partial charge in [0.1, 0.15) is 13.2 Å². The zero-order chi connectivity index (χ0) is 13.9. The maximum Gasteiger partial charge on any atom is 0.182 e. The molecule has 0 radical (unpaired) electrons. The molecule has 6 heteroatoms. The summed E-state index contributed by atoms with van der Waals surface area (Å²) in [7, 11) is -3.50. The Hall–Kier alpha value is -1.74. The van der Waals surface area contributed by atoms with Crippen molar-refractivity contribution >= 4 is 9.84 Å². The molecule has 1 unspecified atom stereocenters. The van der Waals surface area contributed by atoms with Gasteiger partial charge in [-0.1, -0.05) is 6.92 Å². The molecule has 0 spiro atoms. The minimum atomic E-state index is -3.50. The van der Waals surface area contributed by atoms with Gasteiger partial charge in [0.25, 0.3) is 0 Å². The van der Waals surface area contributed by atoms with Gasteiger partial charge in [0.05, 0.1) is 22.6 Å². The fourth-order valence-electron chi connectivity index (χ4n) is 1.97. The molecule has 1 aliphatic rings. The van der Waals surface area contributed by atoms with E-state index in [2.05, 4.69) is 0 Å². The summed E-state index contributed by atoms with van der Waals surface area (Å²) < 4.78 is 35.5. The van der Waals surface area contributed by atoms with Gasteiger partial charge in [-0.15, -0.1) is 0 Å². The fraction of sp³-hybridized carbons (Fsp3) is 0.462. The number of sulfone groups is 1. The van der Waals surface area contributed by atoms with Gasteiger partial charge in [-0.3, -0.25) is 0 Å². The van der Waals surface area contributed by atoms with Crippen LogP contribution in [0.15, 0.2) is 23.1 Å². The number of nitrogens with zero attached hydrogens (tertiary/aromatic N) is 1. The third kappa shape index (κ3) is 2.66. The van der Waals surface area contributed by atoms with Crippen molar-refractivity contribution in [3.05, 3.63) is 18.2 Å². The summed E-state index contributed by atoms with van der Waals surface area (Å²) in [5.74, 6) is 0.998. The molecule has 0 N–H and O–H groups in total. The second-order valence-electron chi connectivity index (χ2n) is 4.24. The molecule has 0 aromatic heterocycles. The highest BCUT2D eigenvalue weighted by molar-refractivity contribution is 7.92. The lowest BCUT2D eigenvalue weighted by Crippen LogP contribution is -2.21. The number of rotatable bonds is 4. The van der Waals surface area contributed by atoms with Crippen molar-refractivity contribution in [2.24, 2.45) is 0 Å².